The fourth-order valence-corrected chi connectivity index (χ4v) is 4.13. The number of rotatable bonds is 11. The Morgan fingerprint density at radius 1 is 1.10 bits per heavy atom. The second-order valence-electron chi connectivity index (χ2n) is 6.34. The zero-order valence-electron chi connectivity index (χ0n) is 17.0. The molecule has 0 spiro atoms. The van der Waals surface area contributed by atoms with Crippen molar-refractivity contribution >= 4 is 45.8 Å². The number of benzene rings is 2. The second kappa shape index (κ2) is 12.1. The van der Waals surface area contributed by atoms with Crippen LogP contribution in [-0.4, -0.2) is 42.9 Å². The number of carbonyl (C=O) groups excluding carboxylic acids is 2. The van der Waals surface area contributed by atoms with Crippen LogP contribution in [0.2, 0.25) is 0 Å². The van der Waals surface area contributed by atoms with Gasteiger partial charge >= 0.3 is 5.97 Å². The molecular formula is C22H23N3O4S2. The molecule has 1 amide bonds. The first kappa shape index (κ1) is 22.8. The molecule has 0 aliphatic rings. The maximum Gasteiger partial charge on any atom is 0.339 e. The van der Waals surface area contributed by atoms with E-state index in [1.165, 1.54) is 23.1 Å². The molecule has 1 heterocycles. The summed E-state index contributed by atoms with van der Waals surface area (Å²) in [5, 5.41) is 8.55. The molecule has 3 aromatic rings. The van der Waals surface area contributed by atoms with Gasteiger partial charge in [0.25, 0.3) is 0 Å². The van der Waals surface area contributed by atoms with Crippen molar-refractivity contribution < 1.29 is 19.1 Å². The number of hydrogen-bond acceptors (Lipinski definition) is 8. The summed E-state index contributed by atoms with van der Waals surface area (Å²) in [4.78, 5) is 29.6. The molecule has 0 aliphatic carbocycles. The lowest BCUT2D eigenvalue weighted by Crippen LogP contribution is -2.28. The van der Waals surface area contributed by atoms with Gasteiger partial charge in [0.15, 0.2) is 5.13 Å². The minimum Gasteiger partial charge on any atom is -0.456 e. The van der Waals surface area contributed by atoms with Crippen LogP contribution in [0.1, 0.15) is 16.1 Å². The average molecular weight is 458 g/mol. The Morgan fingerprint density at radius 2 is 1.87 bits per heavy atom. The highest BCUT2D eigenvalue weighted by Gasteiger charge is 2.15. The molecule has 2 aromatic carbocycles. The molecule has 0 unspecified atom stereocenters. The van der Waals surface area contributed by atoms with E-state index in [0.717, 1.165) is 10.8 Å². The van der Waals surface area contributed by atoms with E-state index >= 15 is 0 Å². The Kier molecular flexibility index (Phi) is 8.89. The number of hydrogen-bond donors (Lipinski definition) is 2. The maximum absolute atomic E-state index is 12.6. The highest BCUT2D eigenvalue weighted by atomic mass is 32.2. The van der Waals surface area contributed by atoms with Gasteiger partial charge in [-0.15, -0.1) is 23.1 Å². The van der Waals surface area contributed by atoms with Crippen LogP contribution in [0.3, 0.4) is 0 Å². The van der Waals surface area contributed by atoms with Gasteiger partial charge in [-0.1, -0.05) is 30.3 Å². The van der Waals surface area contributed by atoms with Crippen LogP contribution in [0.4, 0.5) is 10.8 Å². The number of esters is 1. The third-order valence-corrected chi connectivity index (χ3v) is 5.90. The van der Waals surface area contributed by atoms with Crippen molar-refractivity contribution in [3.8, 4) is 0 Å². The van der Waals surface area contributed by atoms with Gasteiger partial charge in [-0.05, 0) is 24.3 Å². The quantitative estimate of drug-likeness (QED) is 0.255. The summed E-state index contributed by atoms with van der Waals surface area (Å²) < 4.78 is 10.4. The molecule has 0 atom stereocenters. The lowest BCUT2D eigenvalue weighted by Gasteiger charge is -2.09. The lowest BCUT2D eigenvalue weighted by molar-refractivity contribution is -0.118. The van der Waals surface area contributed by atoms with Crippen molar-refractivity contribution in [3.63, 3.8) is 0 Å². The fourth-order valence-electron chi connectivity index (χ4n) is 2.54. The highest BCUT2D eigenvalue weighted by Crippen LogP contribution is 2.24. The van der Waals surface area contributed by atoms with E-state index in [2.05, 4.69) is 15.6 Å². The Hall–Kier alpha value is -2.88. The van der Waals surface area contributed by atoms with Crippen LogP contribution in [0.15, 0.2) is 64.9 Å². The largest absolute Gasteiger partial charge is 0.456 e. The monoisotopic (exact) mass is 457 g/mol. The van der Waals surface area contributed by atoms with Crippen LogP contribution in [0.25, 0.3) is 0 Å². The van der Waals surface area contributed by atoms with Crippen LogP contribution < -0.4 is 10.6 Å². The normalized spacial score (nSPS) is 10.5. The molecule has 7 nitrogen and oxygen atoms in total. The number of carbonyl (C=O) groups is 2. The zero-order chi connectivity index (χ0) is 21.9. The summed E-state index contributed by atoms with van der Waals surface area (Å²) in [5.41, 5.74) is 2.03. The number of aromatic nitrogens is 1. The van der Waals surface area contributed by atoms with Crippen LogP contribution >= 0.6 is 23.1 Å². The fraction of sp³-hybridized carbons (Fsp3) is 0.227. The van der Waals surface area contributed by atoms with E-state index < -0.39 is 5.97 Å². The van der Waals surface area contributed by atoms with Crippen LogP contribution in [0, 0.1) is 0 Å². The Balaban J connectivity index is 1.52. The molecule has 0 bridgehead atoms. The summed E-state index contributed by atoms with van der Waals surface area (Å²) in [6.07, 6.45) is 0. The van der Waals surface area contributed by atoms with E-state index in [4.69, 9.17) is 9.47 Å². The van der Waals surface area contributed by atoms with Crippen molar-refractivity contribution in [2.24, 2.45) is 0 Å². The smallest absolute Gasteiger partial charge is 0.339 e. The number of thiazole rings is 1. The first-order chi connectivity index (χ1) is 15.2. The molecule has 3 rings (SSSR count). The molecule has 1 aromatic heterocycles. The van der Waals surface area contributed by atoms with E-state index in [1.807, 2.05) is 41.8 Å². The lowest BCUT2D eigenvalue weighted by atomic mass is 10.2. The first-order valence-electron chi connectivity index (χ1n) is 9.57. The van der Waals surface area contributed by atoms with Gasteiger partial charge < -0.3 is 20.1 Å². The van der Waals surface area contributed by atoms with Crippen molar-refractivity contribution in [2.45, 2.75) is 11.5 Å². The number of nitrogens with zero attached hydrogens (tertiary/aromatic N) is 1. The minimum atomic E-state index is -0.451. The number of thioether (sulfide) groups is 1. The number of amides is 1. The Morgan fingerprint density at radius 3 is 2.68 bits per heavy atom. The highest BCUT2D eigenvalue weighted by molar-refractivity contribution is 8.00. The summed E-state index contributed by atoms with van der Waals surface area (Å²) in [6, 6.07) is 16.8. The molecule has 2 N–H and O–H groups in total. The van der Waals surface area contributed by atoms with Gasteiger partial charge in [-0.25, -0.2) is 9.78 Å². The van der Waals surface area contributed by atoms with Gasteiger partial charge in [0.2, 0.25) is 5.91 Å². The summed E-state index contributed by atoms with van der Waals surface area (Å²) in [6.45, 7) is 0.981. The van der Waals surface area contributed by atoms with Gasteiger partial charge in [0.1, 0.15) is 6.61 Å². The van der Waals surface area contributed by atoms with Gasteiger partial charge in [0.05, 0.1) is 23.6 Å². The number of anilines is 2. The molecule has 162 valence electrons. The number of para-hydroxylation sites is 1. The molecule has 0 radical (unpaired) electrons. The molecular weight excluding hydrogens is 434 g/mol. The van der Waals surface area contributed by atoms with Gasteiger partial charge in [-0.2, -0.15) is 0 Å². The van der Waals surface area contributed by atoms with Crippen LogP contribution in [0.5, 0.6) is 0 Å². The van der Waals surface area contributed by atoms with Crippen molar-refractivity contribution in [1.82, 2.24) is 10.3 Å². The van der Waals surface area contributed by atoms with Gasteiger partial charge in [0, 0.05) is 29.6 Å². The third kappa shape index (κ3) is 7.39. The second-order valence-corrected chi connectivity index (χ2v) is 8.21. The number of methoxy groups -OCH3 is 1. The summed E-state index contributed by atoms with van der Waals surface area (Å²) >= 11 is 2.73. The van der Waals surface area contributed by atoms with Crippen LogP contribution in [-0.2, 0) is 20.9 Å². The van der Waals surface area contributed by atoms with Gasteiger partial charge in [-0.3, -0.25) is 4.79 Å². The van der Waals surface area contributed by atoms with Crippen molar-refractivity contribution in [1.29, 1.82) is 0 Å². The maximum atomic E-state index is 12.6. The zero-order valence-corrected chi connectivity index (χ0v) is 18.6. The van der Waals surface area contributed by atoms with E-state index in [-0.39, 0.29) is 18.3 Å². The molecule has 9 heteroatoms. The van der Waals surface area contributed by atoms with Crippen molar-refractivity contribution in [2.75, 3.05) is 31.3 Å². The predicted octanol–water partition coefficient (Wildman–Crippen LogP) is 4.10. The molecule has 0 saturated carbocycles. The summed E-state index contributed by atoms with van der Waals surface area (Å²) in [5.74, 6) is -0.367. The average Bonchev–Trinajstić information content (AvgIpc) is 3.24. The van der Waals surface area contributed by atoms with E-state index in [1.54, 1.807) is 25.3 Å². The first-order valence-corrected chi connectivity index (χ1v) is 11.4. The molecule has 0 saturated heterocycles. The molecule has 31 heavy (non-hydrogen) atoms. The summed E-state index contributed by atoms with van der Waals surface area (Å²) in [7, 11) is 1.58. The van der Waals surface area contributed by atoms with E-state index in [0.29, 0.717) is 29.3 Å². The van der Waals surface area contributed by atoms with E-state index in [9.17, 15) is 9.59 Å². The standard InChI is InChI=1S/C22H23N3O4S2/c1-28-12-11-23-20(26)15-30-19-10-6-5-9-18(19)21(27)29-13-17-14-31-22(25-17)24-16-7-3-2-4-8-16/h2-10,14H,11-13,15H2,1H3,(H,23,26)(H,24,25). The minimum absolute atomic E-state index is 0.0717. The van der Waals surface area contributed by atoms with Crippen molar-refractivity contribution in [3.05, 3.63) is 71.2 Å². The molecule has 0 fully saturated rings. The topological polar surface area (TPSA) is 89.5 Å². The third-order valence-electron chi connectivity index (χ3n) is 4.02. The SMILES string of the molecule is COCCNC(=O)CSc1ccccc1C(=O)OCc1csc(Nc2ccccc2)n1. The number of ether oxygens (including phenoxy) is 2. The predicted molar refractivity (Wildman–Crippen MR) is 123 cm³/mol. The number of nitrogens with one attached hydrogen (secondary N) is 2. The molecule has 0 aliphatic heterocycles. The Bertz CT molecular complexity index is 995. The Labute approximate surface area is 189 Å².